The summed E-state index contributed by atoms with van der Waals surface area (Å²) in [5, 5.41) is 3.05. The fourth-order valence-electron chi connectivity index (χ4n) is 3.44. The highest BCUT2D eigenvalue weighted by Gasteiger charge is 2.20. The van der Waals surface area contributed by atoms with Crippen LogP contribution in [0.3, 0.4) is 0 Å². The lowest BCUT2D eigenvalue weighted by molar-refractivity contribution is -0.123. The summed E-state index contributed by atoms with van der Waals surface area (Å²) < 4.78 is 5.63. The number of likely N-dealkylation sites (N-methyl/N-ethyl adjacent to an activating group) is 1. The molecule has 1 amide bonds. The number of carbonyl (C=O) groups is 1. The van der Waals surface area contributed by atoms with E-state index in [9.17, 15) is 4.79 Å². The molecule has 0 aliphatic rings. The van der Waals surface area contributed by atoms with Gasteiger partial charge in [-0.3, -0.25) is 9.69 Å². The van der Waals surface area contributed by atoms with E-state index in [0.717, 1.165) is 24.4 Å². The summed E-state index contributed by atoms with van der Waals surface area (Å²) in [5.41, 5.74) is 3.78. The van der Waals surface area contributed by atoms with E-state index < -0.39 is 0 Å². The number of carbonyl (C=O) groups excluding carboxylic acids is 1. The van der Waals surface area contributed by atoms with Gasteiger partial charge in [-0.05, 0) is 54.3 Å². The third-order valence-corrected chi connectivity index (χ3v) is 5.27. The van der Waals surface area contributed by atoms with Crippen LogP contribution in [0.25, 0.3) is 0 Å². The van der Waals surface area contributed by atoms with Crippen molar-refractivity contribution in [1.82, 2.24) is 10.2 Å². The molecule has 0 aliphatic carbocycles. The standard InChI is InChI=1S/C25H36N2O2/c1-7-27(8-2)23(20-12-14-21(15-13-20)25(4,5)6)17-26-24(28)18-29-22-11-9-10-19(3)16-22/h9-16,23H,7-8,17-18H2,1-6H3,(H,26,28)/t23-/m0/s1. The van der Waals surface area contributed by atoms with Crippen molar-refractivity contribution < 1.29 is 9.53 Å². The molecule has 4 nitrogen and oxygen atoms in total. The quantitative estimate of drug-likeness (QED) is 0.657. The molecule has 0 fully saturated rings. The van der Waals surface area contributed by atoms with Crippen LogP contribution in [-0.4, -0.2) is 37.0 Å². The third-order valence-electron chi connectivity index (χ3n) is 5.27. The summed E-state index contributed by atoms with van der Waals surface area (Å²) >= 11 is 0. The van der Waals surface area contributed by atoms with Gasteiger partial charge in [-0.15, -0.1) is 0 Å². The number of rotatable bonds is 9. The zero-order valence-corrected chi connectivity index (χ0v) is 18.8. The van der Waals surface area contributed by atoms with Gasteiger partial charge in [0.1, 0.15) is 5.75 Å². The minimum Gasteiger partial charge on any atom is -0.484 e. The topological polar surface area (TPSA) is 41.6 Å². The van der Waals surface area contributed by atoms with E-state index in [4.69, 9.17) is 4.74 Å². The van der Waals surface area contributed by atoms with Crippen LogP contribution in [-0.2, 0) is 10.2 Å². The highest BCUT2D eigenvalue weighted by Crippen LogP contribution is 2.26. The van der Waals surface area contributed by atoms with Crippen LogP contribution in [0.2, 0.25) is 0 Å². The summed E-state index contributed by atoms with van der Waals surface area (Å²) in [7, 11) is 0. The predicted molar refractivity (Wildman–Crippen MR) is 120 cm³/mol. The van der Waals surface area contributed by atoms with Crippen LogP contribution in [0.1, 0.15) is 57.4 Å². The number of amides is 1. The minimum atomic E-state index is -0.102. The Kier molecular flexibility index (Phi) is 8.27. The highest BCUT2D eigenvalue weighted by molar-refractivity contribution is 5.77. The number of ether oxygens (including phenoxy) is 1. The predicted octanol–water partition coefficient (Wildman–Crippen LogP) is 4.87. The van der Waals surface area contributed by atoms with Gasteiger partial charge in [-0.1, -0.05) is 71.0 Å². The average molecular weight is 397 g/mol. The van der Waals surface area contributed by atoms with Gasteiger partial charge in [0, 0.05) is 6.54 Å². The van der Waals surface area contributed by atoms with Crippen LogP contribution >= 0.6 is 0 Å². The van der Waals surface area contributed by atoms with Crippen molar-refractivity contribution in [3.63, 3.8) is 0 Å². The number of hydrogen-bond donors (Lipinski definition) is 1. The van der Waals surface area contributed by atoms with Crippen LogP contribution < -0.4 is 10.1 Å². The molecule has 29 heavy (non-hydrogen) atoms. The van der Waals surface area contributed by atoms with Gasteiger partial charge in [-0.2, -0.15) is 0 Å². The largest absolute Gasteiger partial charge is 0.484 e. The third kappa shape index (κ3) is 6.90. The Labute approximate surface area is 176 Å². The number of nitrogens with zero attached hydrogens (tertiary/aromatic N) is 1. The lowest BCUT2D eigenvalue weighted by atomic mass is 9.86. The summed E-state index contributed by atoms with van der Waals surface area (Å²) in [6.07, 6.45) is 0. The van der Waals surface area contributed by atoms with Crippen molar-refractivity contribution in [2.24, 2.45) is 0 Å². The van der Waals surface area contributed by atoms with E-state index in [1.807, 2.05) is 31.2 Å². The summed E-state index contributed by atoms with van der Waals surface area (Å²) in [6.45, 7) is 15.4. The van der Waals surface area contributed by atoms with Gasteiger partial charge in [0.2, 0.25) is 0 Å². The van der Waals surface area contributed by atoms with Gasteiger partial charge >= 0.3 is 0 Å². The maximum Gasteiger partial charge on any atom is 0.258 e. The van der Waals surface area contributed by atoms with Gasteiger partial charge in [0.25, 0.3) is 5.91 Å². The fourth-order valence-corrected chi connectivity index (χ4v) is 3.44. The number of benzene rings is 2. The Balaban J connectivity index is 2.02. The molecular formula is C25H36N2O2. The first-order valence-electron chi connectivity index (χ1n) is 10.5. The molecule has 0 radical (unpaired) electrons. The zero-order chi connectivity index (χ0) is 21.4. The molecule has 0 unspecified atom stereocenters. The van der Waals surface area contributed by atoms with Gasteiger partial charge in [-0.25, -0.2) is 0 Å². The molecule has 0 aromatic heterocycles. The van der Waals surface area contributed by atoms with Crippen molar-refractivity contribution in [3.05, 3.63) is 65.2 Å². The molecule has 2 aromatic carbocycles. The van der Waals surface area contributed by atoms with Crippen LogP contribution in [0, 0.1) is 6.92 Å². The Bertz CT molecular complexity index is 774. The van der Waals surface area contributed by atoms with E-state index >= 15 is 0 Å². The Hall–Kier alpha value is -2.33. The van der Waals surface area contributed by atoms with E-state index in [0.29, 0.717) is 6.54 Å². The van der Waals surface area contributed by atoms with Crippen molar-refractivity contribution >= 4 is 5.91 Å². The second-order valence-electron chi connectivity index (χ2n) is 8.52. The molecule has 1 atom stereocenters. The molecule has 0 aliphatic heterocycles. The lowest BCUT2D eigenvalue weighted by Gasteiger charge is -2.31. The molecular weight excluding hydrogens is 360 g/mol. The normalized spacial score (nSPS) is 12.7. The van der Waals surface area contributed by atoms with Crippen molar-refractivity contribution in [3.8, 4) is 5.75 Å². The van der Waals surface area contributed by atoms with Gasteiger partial charge in [0.05, 0.1) is 6.04 Å². The molecule has 0 saturated heterocycles. The Morgan fingerprint density at radius 2 is 1.72 bits per heavy atom. The van der Waals surface area contributed by atoms with Crippen molar-refractivity contribution in [1.29, 1.82) is 0 Å². The van der Waals surface area contributed by atoms with Crippen molar-refractivity contribution in [2.45, 2.75) is 53.0 Å². The summed E-state index contributed by atoms with van der Waals surface area (Å²) in [6, 6.07) is 16.7. The molecule has 2 rings (SSSR count). The lowest BCUT2D eigenvalue weighted by Crippen LogP contribution is -2.39. The molecule has 1 N–H and O–H groups in total. The van der Waals surface area contributed by atoms with E-state index in [1.54, 1.807) is 0 Å². The van der Waals surface area contributed by atoms with Crippen LogP contribution in [0.15, 0.2) is 48.5 Å². The van der Waals surface area contributed by atoms with Crippen molar-refractivity contribution in [2.75, 3.05) is 26.2 Å². The second kappa shape index (κ2) is 10.4. The molecule has 2 aromatic rings. The molecule has 158 valence electrons. The highest BCUT2D eigenvalue weighted by atomic mass is 16.5. The first-order chi connectivity index (χ1) is 13.7. The molecule has 0 heterocycles. The van der Waals surface area contributed by atoms with Crippen LogP contribution in [0.4, 0.5) is 0 Å². The number of nitrogens with one attached hydrogen (secondary N) is 1. The maximum absolute atomic E-state index is 12.4. The van der Waals surface area contributed by atoms with Gasteiger partial charge in [0.15, 0.2) is 6.61 Å². The number of aryl methyl sites for hydroxylation is 1. The summed E-state index contributed by atoms with van der Waals surface area (Å²) in [5.74, 6) is 0.619. The zero-order valence-electron chi connectivity index (χ0n) is 18.8. The molecule has 0 saturated carbocycles. The van der Waals surface area contributed by atoms with Crippen LogP contribution in [0.5, 0.6) is 5.75 Å². The summed E-state index contributed by atoms with van der Waals surface area (Å²) in [4.78, 5) is 14.7. The van der Waals surface area contributed by atoms with E-state index in [1.165, 1.54) is 11.1 Å². The Morgan fingerprint density at radius 1 is 1.07 bits per heavy atom. The molecule has 0 spiro atoms. The fraction of sp³-hybridized carbons (Fsp3) is 0.480. The van der Waals surface area contributed by atoms with E-state index in [-0.39, 0.29) is 24.0 Å². The molecule has 0 bridgehead atoms. The number of hydrogen-bond acceptors (Lipinski definition) is 3. The molecule has 4 heteroatoms. The SMILES string of the molecule is CCN(CC)[C@@H](CNC(=O)COc1cccc(C)c1)c1ccc(C(C)(C)C)cc1. The first-order valence-corrected chi connectivity index (χ1v) is 10.5. The smallest absolute Gasteiger partial charge is 0.258 e. The maximum atomic E-state index is 12.4. The van der Waals surface area contributed by atoms with E-state index in [2.05, 4.69) is 69.1 Å². The first kappa shape index (κ1) is 23.0. The second-order valence-corrected chi connectivity index (χ2v) is 8.52. The Morgan fingerprint density at radius 3 is 2.28 bits per heavy atom. The minimum absolute atomic E-state index is 0.0252. The average Bonchev–Trinajstić information content (AvgIpc) is 2.69. The monoisotopic (exact) mass is 396 g/mol. The van der Waals surface area contributed by atoms with Gasteiger partial charge < -0.3 is 10.1 Å².